The van der Waals surface area contributed by atoms with Crippen LogP contribution in [0.4, 0.5) is 0 Å². The Morgan fingerprint density at radius 2 is 1.44 bits per heavy atom. The molecule has 178 valence electrons. The van der Waals surface area contributed by atoms with Gasteiger partial charge in [0.25, 0.3) is 5.91 Å². The Bertz CT molecular complexity index is 1010. The summed E-state index contributed by atoms with van der Waals surface area (Å²) in [4.78, 5) is 27.3. The zero-order valence-corrected chi connectivity index (χ0v) is 19.6. The Hall–Kier alpha value is -3.48. The zero-order chi connectivity index (χ0) is 24.2. The summed E-state index contributed by atoms with van der Waals surface area (Å²) >= 11 is 0. The third kappa shape index (κ3) is 7.83. The van der Waals surface area contributed by atoms with Crippen LogP contribution in [-0.4, -0.2) is 43.0 Å². The number of ketones is 1. The van der Waals surface area contributed by atoms with Gasteiger partial charge in [-0.25, -0.2) is 0 Å². The predicted molar refractivity (Wildman–Crippen MR) is 133 cm³/mol. The van der Waals surface area contributed by atoms with E-state index < -0.39 is 5.91 Å². The Kier molecular flexibility index (Phi) is 9.82. The minimum absolute atomic E-state index is 0.0906. The first kappa shape index (κ1) is 25.1. The molecule has 0 fully saturated rings. The molecule has 3 aromatic rings. The summed E-state index contributed by atoms with van der Waals surface area (Å²) in [6.07, 6.45) is 0.926. The minimum Gasteiger partial charge on any atom is -0.490 e. The largest absolute Gasteiger partial charge is 0.490 e. The predicted octanol–water partition coefficient (Wildman–Crippen LogP) is 4.48. The summed E-state index contributed by atoms with van der Waals surface area (Å²) in [7, 11) is 0. The lowest BCUT2D eigenvalue weighted by Crippen LogP contribution is -2.29. The number of amides is 1. The molecule has 3 rings (SSSR count). The van der Waals surface area contributed by atoms with Crippen molar-refractivity contribution in [3.8, 4) is 5.75 Å². The number of carbonyl (C=O) groups is 2. The first-order valence-corrected chi connectivity index (χ1v) is 11.5. The number of hydrogen-bond donors (Lipinski definition) is 1. The fourth-order valence-corrected chi connectivity index (χ4v) is 3.62. The number of Topliss-reactive ketones (excluding diaryl/α,β-unsaturated/α-hetero) is 1. The fraction of sp³-hybridized carbons (Fsp3) is 0.286. The number of carbonyl (C=O) groups excluding carboxylic acids is 2. The molecular weight excluding hydrogens is 428 g/mol. The maximum Gasteiger partial charge on any atom is 0.252 e. The molecule has 0 atom stereocenters. The van der Waals surface area contributed by atoms with Gasteiger partial charge in [0, 0.05) is 25.3 Å². The third-order valence-electron chi connectivity index (χ3n) is 5.27. The Balaban J connectivity index is 1.73. The van der Waals surface area contributed by atoms with Crippen LogP contribution in [0.2, 0.25) is 0 Å². The number of benzene rings is 3. The fourth-order valence-electron chi connectivity index (χ4n) is 3.62. The van der Waals surface area contributed by atoms with Crippen molar-refractivity contribution in [1.82, 2.24) is 4.90 Å². The molecule has 0 aliphatic heterocycles. The number of nitrogens with zero attached hydrogens (tertiary/aromatic N) is 1. The summed E-state index contributed by atoms with van der Waals surface area (Å²) < 4.78 is 11.1. The molecule has 0 saturated heterocycles. The van der Waals surface area contributed by atoms with E-state index in [-0.39, 0.29) is 17.9 Å². The maximum absolute atomic E-state index is 13.2. The summed E-state index contributed by atoms with van der Waals surface area (Å²) in [5, 5.41) is 0. The number of primary amides is 1. The third-order valence-corrected chi connectivity index (χ3v) is 5.27. The molecule has 0 aromatic heterocycles. The average molecular weight is 461 g/mol. The molecule has 6 heteroatoms. The standard InChI is InChI=1S/C28H32N2O4/c1-2-15-33-16-17-34-27-14-13-24(18-25(27)28(29)32)26(31)21-30(19-22-9-5-3-6-10-22)20-23-11-7-4-8-12-23/h3-14,18H,2,15-17,19-21H2,1H3,(H2,29,32). The van der Waals surface area contributed by atoms with E-state index in [0.717, 1.165) is 17.5 Å². The van der Waals surface area contributed by atoms with E-state index in [1.54, 1.807) is 12.1 Å². The van der Waals surface area contributed by atoms with Crippen molar-refractivity contribution in [3.63, 3.8) is 0 Å². The van der Waals surface area contributed by atoms with E-state index in [4.69, 9.17) is 15.2 Å². The molecule has 0 unspecified atom stereocenters. The van der Waals surface area contributed by atoms with Gasteiger partial charge in [-0.1, -0.05) is 67.6 Å². The SMILES string of the molecule is CCCOCCOc1ccc(C(=O)CN(Cc2ccccc2)Cc2ccccc2)cc1C(N)=O. The topological polar surface area (TPSA) is 81.9 Å². The normalized spacial score (nSPS) is 10.9. The van der Waals surface area contributed by atoms with Crippen molar-refractivity contribution < 1.29 is 19.1 Å². The van der Waals surface area contributed by atoms with Gasteiger partial charge in [0.1, 0.15) is 12.4 Å². The van der Waals surface area contributed by atoms with Gasteiger partial charge in [-0.3, -0.25) is 14.5 Å². The summed E-state index contributed by atoms with van der Waals surface area (Å²) in [5.41, 5.74) is 8.43. The highest BCUT2D eigenvalue weighted by Gasteiger charge is 2.18. The second-order valence-electron chi connectivity index (χ2n) is 8.08. The molecule has 34 heavy (non-hydrogen) atoms. The lowest BCUT2D eigenvalue weighted by molar-refractivity contribution is 0.0919. The van der Waals surface area contributed by atoms with E-state index in [0.29, 0.717) is 44.2 Å². The molecule has 0 radical (unpaired) electrons. The van der Waals surface area contributed by atoms with Gasteiger partial charge in [-0.15, -0.1) is 0 Å². The van der Waals surface area contributed by atoms with Gasteiger partial charge < -0.3 is 15.2 Å². The molecule has 0 bridgehead atoms. The second-order valence-corrected chi connectivity index (χ2v) is 8.08. The molecule has 0 saturated carbocycles. The average Bonchev–Trinajstić information content (AvgIpc) is 2.85. The first-order valence-electron chi connectivity index (χ1n) is 11.5. The smallest absolute Gasteiger partial charge is 0.252 e. The molecule has 2 N–H and O–H groups in total. The van der Waals surface area contributed by atoms with Crippen molar-refractivity contribution in [3.05, 3.63) is 101 Å². The number of rotatable bonds is 14. The van der Waals surface area contributed by atoms with E-state index in [9.17, 15) is 9.59 Å². The van der Waals surface area contributed by atoms with Gasteiger partial charge in [-0.05, 0) is 35.7 Å². The molecule has 3 aromatic carbocycles. The summed E-state index contributed by atoms with van der Waals surface area (Å²) in [6.45, 7) is 4.86. The van der Waals surface area contributed by atoms with Gasteiger partial charge in [0.15, 0.2) is 5.78 Å². The van der Waals surface area contributed by atoms with Crippen LogP contribution in [0.5, 0.6) is 5.75 Å². The monoisotopic (exact) mass is 460 g/mol. The van der Waals surface area contributed by atoms with E-state index >= 15 is 0 Å². The first-order chi connectivity index (χ1) is 16.6. The Labute approximate surface area is 201 Å². The van der Waals surface area contributed by atoms with Crippen molar-refractivity contribution >= 4 is 11.7 Å². The zero-order valence-electron chi connectivity index (χ0n) is 19.6. The lowest BCUT2D eigenvalue weighted by atomic mass is 10.0. The number of ether oxygens (including phenoxy) is 2. The second kappa shape index (κ2) is 13.3. The van der Waals surface area contributed by atoms with Crippen LogP contribution in [0.3, 0.4) is 0 Å². The molecule has 1 amide bonds. The lowest BCUT2D eigenvalue weighted by Gasteiger charge is -2.22. The maximum atomic E-state index is 13.2. The van der Waals surface area contributed by atoms with Gasteiger partial charge in [0.2, 0.25) is 0 Å². The quantitative estimate of drug-likeness (QED) is 0.283. The highest BCUT2D eigenvalue weighted by molar-refractivity contribution is 6.02. The van der Waals surface area contributed by atoms with Crippen molar-refractivity contribution in [1.29, 1.82) is 0 Å². The number of hydrogen-bond acceptors (Lipinski definition) is 5. The molecule has 0 aliphatic carbocycles. The van der Waals surface area contributed by atoms with E-state index in [1.807, 2.05) is 67.6 Å². The van der Waals surface area contributed by atoms with E-state index in [2.05, 4.69) is 4.90 Å². The van der Waals surface area contributed by atoms with Crippen LogP contribution in [0.1, 0.15) is 45.2 Å². The Morgan fingerprint density at radius 1 is 0.824 bits per heavy atom. The van der Waals surface area contributed by atoms with Crippen LogP contribution < -0.4 is 10.5 Å². The molecule has 0 aliphatic rings. The van der Waals surface area contributed by atoms with Crippen LogP contribution >= 0.6 is 0 Å². The van der Waals surface area contributed by atoms with Crippen molar-refractivity contribution in [2.24, 2.45) is 5.73 Å². The van der Waals surface area contributed by atoms with Crippen LogP contribution in [0.25, 0.3) is 0 Å². The highest BCUT2D eigenvalue weighted by Crippen LogP contribution is 2.21. The molecule has 6 nitrogen and oxygen atoms in total. The van der Waals surface area contributed by atoms with Crippen LogP contribution in [-0.2, 0) is 17.8 Å². The van der Waals surface area contributed by atoms with Crippen LogP contribution in [0, 0.1) is 0 Å². The minimum atomic E-state index is -0.635. The number of nitrogens with two attached hydrogens (primary N) is 1. The van der Waals surface area contributed by atoms with Crippen molar-refractivity contribution in [2.45, 2.75) is 26.4 Å². The summed E-state index contributed by atoms with van der Waals surface area (Å²) in [5.74, 6) is -0.369. The van der Waals surface area contributed by atoms with E-state index in [1.165, 1.54) is 6.07 Å². The van der Waals surface area contributed by atoms with Crippen molar-refractivity contribution in [2.75, 3.05) is 26.4 Å². The van der Waals surface area contributed by atoms with Gasteiger partial charge in [0.05, 0.1) is 18.7 Å². The van der Waals surface area contributed by atoms with Gasteiger partial charge in [-0.2, -0.15) is 0 Å². The van der Waals surface area contributed by atoms with Crippen LogP contribution in [0.15, 0.2) is 78.9 Å². The van der Waals surface area contributed by atoms with Gasteiger partial charge >= 0.3 is 0 Å². The Morgan fingerprint density at radius 3 is 2.00 bits per heavy atom. The molecule has 0 spiro atoms. The molecule has 0 heterocycles. The molecular formula is C28H32N2O4. The highest BCUT2D eigenvalue weighted by atomic mass is 16.5. The summed E-state index contributed by atoms with van der Waals surface area (Å²) in [6, 6.07) is 24.9.